The fraction of sp³-hybridized carbons (Fsp3) is 0.250. The van der Waals surface area contributed by atoms with Crippen molar-refractivity contribution in [3.63, 3.8) is 0 Å². The van der Waals surface area contributed by atoms with Gasteiger partial charge in [-0.25, -0.2) is 9.37 Å². The van der Waals surface area contributed by atoms with Crippen LogP contribution in [0.25, 0.3) is 16.6 Å². The largest absolute Gasteiger partial charge is 0.497 e. The second-order valence-corrected chi connectivity index (χ2v) is 6.39. The second kappa shape index (κ2) is 6.82. The molecule has 1 unspecified atom stereocenters. The fourth-order valence-electron chi connectivity index (χ4n) is 3.46. The van der Waals surface area contributed by atoms with Crippen LogP contribution < -0.4 is 15.6 Å². The van der Waals surface area contributed by atoms with Crippen molar-refractivity contribution in [2.45, 2.75) is 18.9 Å². The summed E-state index contributed by atoms with van der Waals surface area (Å²) in [6.07, 6.45) is 1.82. The lowest BCUT2D eigenvalue weighted by Crippen LogP contribution is -2.29. The maximum Gasteiger partial charge on any atom is 0.269 e. The highest BCUT2D eigenvalue weighted by Gasteiger charge is 2.25. The molecule has 1 N–H and O–H groups in total. The van der Waals surface area contributed by atoms with E-state index in [4.69, 9.17) is 10.00 Å². The monoisotopic (exact) mass is 364 g/mol. The number of nitrogens with one attached hydrogen (secondary N) is 1. The Labute approximate surface area is 154 Å². The third kappa shape index (κ3) is 2.84. The summed E-state index contributed by atoms with van der Waals surface area (Å²) in [7, 11) is 1.56. The van der Waals surface area contributed by atoms with E-state index < -0.39 is 11.4 Å². The summed E-state index contributed by atoms with van der Waals surface area (Å²) in [6, 6.07) is 11.5. The highest BCUT2D eigenvalue weighted by Crippen LogP contribution is 2.26. The lowest BCUT2D eigenvalue weighted by molar-refractivity contribution is 0.414. The van der Waals surface area contributed by atoms with Crippen LogP contribution in [0.15, 0.2) is 41.2 Å². The van der Waals surface area contributed by atoms with Crippen molar-refractivity contribution in [2.24, 2.45) is 0 Å². The van der Waals surface area contributed by atoms with Crippen LogP contribution in [0.3, 0.4) is 0 Å². The van der Waals surface area contributed by atoms with Gasteiger partial charge < -0.3 is 10.1 Å². The van der Waals surface area contributed by atoms with Gasteiger partial charge in [-0.2, -0.15) is 5.26 Å². The molecule has 0 amide bonds. The highest BCUT2D eigenvalue weighted by atomic mass is 19.1. The van der Waals surface area contributed by atoms with E-state index in [0.29, 0.717) is 17.3 Å². The number of nitriles is 1. The summed E-state index contributed by atoms with van der Waals surface area (Å²) in [5, 5.41) is 12.3. The molecule has 0 radical (unpaired) electrons. The SMILES string of the molecule is COc1ccc(-n2c(C3CCCN3)nc3ccc(C#N)c(F)c3c2=O)cc1. The van der Waals surface area contributed by atoms with Gasteiger partial charge in [0.2, 0.25) is 0 Å². The topological polar surface area (TPSA) is 79.9 Å². The number of nitrogens with zero attached hydrogens (tertiary/aromatic N) is 3. The first kappa shape index (κ1) is 17.2. The van der Waals surface area contributed by atoms with E-state index in [0.717, 1.165) is 19.4 Å². The Kier molecular flexibility index (Phi) is 4.34. The van der Waals surface area contributed by atoms with Gasteiger partial charge in [-0.3, -0.25) is 9.36 Å². The third-order valence-electron chi connectivity index (χ3n) is 4.82. The zero-order valence-electron chi connectivity index (χ0n) is 14.7. The molecular formula is C20H17FN4O2. The molecule has 2 aromatic carbocycles. The van der Waals surface area contributed by atoms with Crippen LogP contribution in [-0.4, -0.2) is 23.2 Å². The number of rotatable bonds is 3. The van der Waals surface area contributed by atoms with E-state index in [-0.39, 0.29) is 22.5 Å². The minimum absolute atomic E-state index is 0.0945. The van der Waals surface area contributed by atoms with E-state index >= 15 is 0 Å². The molecule has 0 spiro atoms. The summed E-state index contributed by atoms with van der Waals surface area (Å²) < 4.78 is 21.3. The molecule has 4 rings (SSSR count). The number of fused-ring (bicyclic) bond motifs is 1. The molecule has 1 aromatic heterocycles. The van der Waals surface area contributed by atoms with Crippen molar-refractivity contribution in [1.82, 2.24) is 14.9 Å². The molecule has 2 heterocycles. The number of benzene rings is 2. The number of hydrogen-bond acceptors (Lipinski definition) is 5. The average molecular weight is 364 g/mol. The summed E-state index contributed by atoms with van der Waals surface area (Å²) in [5.74, 6) is 0.360. The van der Waals surface area contributed by atoms with Crippen molar-refractivity contribution in [2.75, 3.05) is 13.7 Å². The van der Waals surface area contributed by atoms with Crippen molar-refractivity contribution in [3.05, 3.63) is 64.0 Å². The molecule has 3 aromatic rings. The van der Waals surface area contributed by atoms with Gasteiger partial charge >= 0.3 is 0 Å². The van der Waals surface area contributed by atoms with Crippen LogP contribution in [0.1, 0.15) is 30.3 Å². The van der Waals surface area contributed by atoms with Crippen molar-refractivity contribution >= 4 is 10.9 Å². The Morgan fingerprint density at radius 1 is 1.30 bits per heavy atom. The van der Waals surface area contributed by atoms with E-state index in [1.54, 1.807) is 37.4 Å². The van der Waals surface area contributed by atoms with Crippen LogP contribution in [0, 0.1) is 17.1 Å². The Bertz CT molecular complexity index is 1110. The maximum atomic E-state index is 14.7. The molecule has 136 valence electrons. The zero-order chi connectivity index (χ0) is 19.0. The Morgan fingerprint density at radius 3 is 2.70 bits per heavy atom. The van der Waals surface area contributed by atoms with Crippen LogP contribution in [0.4, 0.5) is 4.39 Å². The van der Waals surface area contributed by atoms with Gasteiger partial charge in [0.05, 0.1) is 29.9 Å². The van der Waals surface area contributed by atoms with Gasteiger partial charge in [0.25, 0.3) is 5.56 Å². The summed E-state index contributed by atoms with van der Waals surface area (Å²) in [5.41, 5.74) is 0.128. The van der Waals surface area contributed by atoms with E-state index in [2.05, 4.69) is 10.3 Å². The number of methoxy groups -OCH3 is 1. The smallest absolute Gasteiger partial charge is 0.269 e. The first-order chi connectivity index (χ1) is 13.1. The van der Waals surface area contributed by atoms with Crippen LogP contribution in [0.5, 0.6) is 5.75 Å². The first-order valence-corrected chi connectivity index (χ1v) is 8.67. The summed E-state index contributed by atoms with van der Waals surface area (Å²) in [4.78, 5) is 17.9. The molecule has 1 fully saturated rings. The molecule has 1 atom stereocenters. The Morgan fingerprint density at radius 2 is 2.07 bits per heavy atom. The average Bonchev–Trinajstić information content (AvgIpc) is 3.23. The number of ether oxygens (including phenoxy) is 1. The molecule has 1 aliphatic rings. The van der Waals surface area contributed by atoms with Gasteiger partial charge in [0, 0.05) is 0 Å². The number of hydrogen-bond donors (Lipinski definition) is 1. The highest BCUT2D eigenvalue weighted by molar-refractivity contribution is 5.80. The van der Waals surface area contributed by atoms with E-state index in [9.17, 15) is 9.18 Å². The standard InChI is InChI=1S/C20H17FN4O2/c1-27-14-7-5-13(6-8-14)25-19(16-3-2-10-23-16)24-15-9-4-12(11-22)18(21)17(15)20(25)26/h4-9,16,23H,2-3,10H2,1H3. The number of aromatic nitrogens is 2. The van der Waals surface area contributed by atoms with E-state index in [1.807, 2.05) is 0 Å². The summed E-state index contributed by atoms with van der Waals surface area (Å²) in [6.45, 7) is 0.836. The molecule has 7 heteroatoms. The molecule has 1 aliphatic heterocycles. The minimum Gasteiger partial charge on any atom is -0.497 e. The Balaban J connectivity index is 2.04. The molecule has 27 heavy (non-hydrogen) atoms. The lowest BCUT2D eigenvalue weighted by atomic mass is 10.1. The molecule has 0 bridgehead atoms. The maximum absolute atomic E-state index is 14.7. The van der Waals surface area contributed by atoms with Gasteiger partial charge in [-0.05, 0) is 55.8 Å². The predicted octanol–water partition coefficient (Wildman–Crippen LogP) is 2.83. The molecule has 1 saturated heterocycles. The quantitative estimate of drug-likeness (QED) is 0.773. The first-order valence-electron chi connectivity index (χ1n) is 8.67. The van der Waals surface area contributed by atoms with Gasteiger partial charge in [0.1, 0.15) is 23.0 Å². The molecule has 6 nitrogen and oxygen atoms in total. The summed E-state index contributed by atoms with van der Waals surface area (Å²) >= 11 is 0. The third-order valence-corrected chi connectivity index (χ3v) is 4.82. The normalized spacial score (nSPS) is 16.4. The van der Waals surface area contributed by atoms with Crippen LogP contribution in [-0.2, 0) is 0 Å². The second-order valence-electron chi connectivity index (χ2n) is 6.39. The number of halogens is 1. The van der Waals surface area contributed by atoms with Crippen molar-refractivity contribution < 1.29 is 9.13 Å². The van der Waals surface area contributed by atoms with Crippen LogP contribution >= 0.6 is 0 Å². The fourth-order valence-corrected chi connectivity index (χ4v) is 3.46. The Hall–Kier alpha value is -3.24. The molecule has 0 saturated carbocycles. The zero-order valence-corrected chi connectivity index (χ0v) is 14.7. The van der Waals surface area contributed by atoms with E-state index in [1.165, 1.54) is 16.7 Å². The van der Waals surface area contributed by atoms with Gasteiger partial charge in [-0.15, -0.1) is 0 Å². The minimum atomic E-state index is -0.833. The van der Waals surface area contributed by atoms with Crippen LogP contribution in [0.2, 0.25) is 0 Å². The molecule has 0 aliphatic carbocycles. The van der Waals surface area contributed by atoms with Crippen molar-refractivity contribution in [1.29, 1.82) is 5.26 Å². The van der Waals surface area contributed by atoms with Crippen molar-refractivity contribution in [3.8, 4) is 17.5 Å². The molecular weight excluding hydrogens is 347 g/mol. The van der Waals surface area contributed by atoms with Gasteiger partial charge in [0.15, 0.2) is 5.82 Å². The predicted molar refractivity (Wildman–Crippen MR) is 98.5 cm³/mol. The van der Waals surface area contributed by atoms with Gasteiger partial charge in [-0.1, -0.05) is 0 Å². The lowest BCUT2D eigenvalue weighted by Gasteiger charge is -2.18.